The number of ether oxygens (including phenoxy) is 1. The Morgan fingerprint density at radius 2 is 1.96 bits per heavy atom. The summed E-state index contributed by atoms with van der Waals surface area (Å²) in [6.07, 6.45) is 0.788. The first kappa shape index (κ1) is 18.8. The van der Waals surface area contributed by atoms with Crippen LogP contribution in [-0.4, -0.2) is 66.8 Å². The molecule has 2 aliphatic heterocycles. The van der Waals surface area contributed by atoms with Gasteiger partial charge in [-0.05, 0) is 24.6 Å². The number of guanidine groups is 1. The van der Waals surface area contributed by atoms with Crippen molar-refractivity contribution in [1.82, 2.24) is 15.1 Å². The number of aliphatic imine (C=N–C) groups is 1. The minimum Gasteiger partial charge on any atom is -0.465 e. The zero-order valence-electron chi connectivity index (χ0n) is 14.9. The normalized spacial score (nSPS) is 22.7. The molecule has 8 nitrogen and oxygen atoms in total. The quantitative estimate of drug-likeness (QED) is 0.464. The molecule has 1 saturated heterocycles. The maximum absolute atomic E-state index is 13.3. The number of nitrogens with zero attached hydrogens (tertiary/aromatic N) is 3. The number of carbonyl (C=O) groups excluding carboxylic acids is 3. The van der Waals surface area contributed by atoms with Gasteiger partial charge < -0.3 is 14.5 Å². The highest BCUT2D eigenvalue weighted by Gasteiger charge is 2.42. The van der Waals surface area contributed by atoms with Crippen LogP contribution in [0.3, 0.4) is 0 Å². The fourth-order valence-corrected chi connectivity index (χ4v) is 3.16. The number of piperazine rings is 1. The van der Waals surface area contributed by atoms with Crippen molar-refractivity contribution in [2.24, 2.45) is 10.9 Å². The fraction of sp³-hybridized carbons (Fsp3) is 0.444. The van der Waals surface area contributed by atoms with Gasteiger partial charge in [-0.2, -0.15) is 0 Å². The Bertz CT molecular complexity index is 744. The van der Waals surface area contributed by atoms with Crippen LogP contribution in [0, 0.1) is 11.7 Å². The van der Waals surface area contributed by atoms with Crippen LogP contribution in [0.1, 0.15) is 18.5 Å². The average molecular weight is 376 g/mol. The molecule has 9 heteroatoms. The van der Waals surface area contributed by atoms with Crippen LogP contribution in [-0.2, 0) is 19.1 Å². The summed E-state index contributed by atoms with van der Waals surface area (Å²) in [6, 6.07) is 4.74. The van der Waals surface area contributed by atoms with Gasteiger partial charge in [0.05, 0.1) is 6.61 Å². The second-order valence-electron chi connectivity index (χ2n) is 6.30. The van der Waals surface area contributed by atoms with Crippen LogP contribution < -0.4 is 5.32 Å². The Morgan fingerprint density at radius 1 is 1.30 bits per heavy atom. The molecule has 0 radical (unpaired) electrons. The molecule has 1 fully saturated rings. The monoisotopic (exact) mass is 376 g/mol. The molecule has 1 aromatic carbocycles. The first-order chi connectivity index (χ1) is 13.0. The number of carbonyl (C=O) groups is 3. The third kappa shape index (κ3) is 4.07. The van der Waals surface area contributed by atoms with Crippen molar-refractivity contribution in [3.8, 4) is 0 Å². The van der Waals surface area contributed by atoms with Gasteiger partial charge in [0, 0.05) is 26.2 Å². The SMILES string of the molecule is CCOC(=O)C1C(=O)NC(N2CCN(C=O)CC2)=NC1c1ccc(F)cc1. The van der Waals surface area contributed by atoms with Crippen molar-refractivity contribution in [2.45, 2.75) is 13.0 Å². The summed E-state index contributed by atoms with van der Waals surface area (Å²) in [5.41, 5.74) is 0.549. The molecule has 27 heavy (non-hydrogen) atoms. The number of hydrogen-bond donors (Lipinski definition) is 1. The van der Waals surface area contributed by atoms with Crippen LogP contribution >= 0.6 is 0 Å². The van der Waals surface area contributed by atoms with Gasteiger partial charge in [-0.15, -0.1) is 0 Å². The first-order valence-corrected chi connectivity index (χ1v) is 8.78. The molecule has 1 N–H and O–H groups in total. The van der Waals surface area contributed by atoms with E-state index < -0.39 is 29.7 Å². The Kier molecular flexibility index (Phi) is 5.68. The van der Waals surface area contributed by atoms with E-state index in [1.807, 2.05) is 4.90 Å². The number of amides is 2. The lowest BCUT2D eigenvalue weighted by molar-refractivity contribution is -0.153. The van der Waals surface area contributed by atoms with Crippen molar-refractivity contribution >= 4 is 24.2 Å². The van der Waals surface area contributed by atoms with Crippen LogP contribution in [0.5, 0.6) is 0 Å². The summed E-state index contributed by atoms with van der Waals surface area (Å²) < 4.78 is 18.3. The maximum atomic E-state index is 13.3. The lowest BCUT2D eigenvalue weighted by atomic mass is 9.91. The zero-order chi connectivity index (χ0) is 19.4. The summed E-state index contributed by atoms with van der Waals surface area (Å²) in [7, 11) is 0. The molecular weight excluding hydrogens is 355 g/mol. The van der Waals surface area contributed by atoms with Gasteiger partial charge in [-0.25, -0.2) is 9.38 Å². The summed E-state index contributed by atoms with van der Waals surface area (Å²) in [5.74, 6) is -2.39. The smallest absolute Gasteiger partial charge is 0.321 e. The Balaban J connectivity index is 1.91. The van der Waals surface area contributed by atoms with Crippen molar-refractivity contribution in [1.29, 1.82) is 0 Å². The topological polar surface area (TPSA) is 91.3 Å². The van der Waals surface area contributed by atoms with E-state index in [4.69, 9.17) is 4.74 Å². The number of hydrogen-bond acceptors (Lipinski definition) is 6. The molecule has 2 heterocycles. The minimum absolute atomic E-state index is 0.142. The Morgan fingerprint density at radius 3 is 2.56 bits per heavy atom. The van der Waals surface area contributed by atoms with Gasteiger partial charge in [-0.1, -0.05) is 12.1 Å². The molecule has 144 valence electrons. The molecule has 0 aromatic heterocycles. The number of halogens is 1. The van der Waals surface area contributed by atoms with E-state index in [1.54, 1.807) is 11.8 Å². The number of nitrogens with one attached hydrogen (secondary N) is 1. The lowest BCUT2D eigenvalue weighted by Gasteiger charge is -2.37. The van der Waals surface area contributed by atoms with Gasteiger partial charge in [0.25, 0.3) is 0 Å². The van der Waals surface area contributed by atoms with Crippen LogP contribution in [0.2, 0.25) is 0 Å². The second-order valence-corrected chi connectivity index (χ2v) is 6.30. The standard InChI is InChI=1S/C18H21FN4O4/c1-2-27-17(26)14-15(12-3-5-13(19)6-4-12)20-18(21-16(14)25)23-9-7-22(11-24)8-10-23/h3-6,11,14-15H,2,7-10H2,1H3,(H,20,21,25). The van der Waals surface area contributed by atoms with Crippen LogP contribution in [0.4, 0.5) is 4.39 Å². The van der Waals surface area contributed by atoms with E-state index in [-0.39, 0.29) is 6.61 Å². The maximum Gasteiger partial charge on any atom is 0.321 e. The molecule has 0 spiro atoms. The molecule has 0 bridgehead atoms. The number of rotatable bonds is 4. The average Bonchev–Trinajstić information content (AvgIpc) is 2.68. The Hall–Kier alpha value is -2.97. The summed E-state index contributed by atoms with van der Waals surface area (Å²) in [4.78, 5) is 43.9. The van der Waals surface area contributed by atoms with E-state index >= 15 is 0 Å². The van der Waals surface area contributed by atoms with E-state index in [9.17, 15) is 18.8 Å². The molecule has 2 amide bonds. The van der Waals surface area contributed by atoms with Crippen LogP contribution in [0.15, 0.2) is 29.3 Å². The van der Waals surface area contributed by atoms with Crippen molar-refractivity contribution in [3.63, 3.8) is 0 Å². The zero-order valence-corrected chi connectivity index (χ0v) is 14.9. The molecular formula is C18H21FN4O4. The highest BCUT2D eigenvalue weighted by atomic mass is 19.1. The molecule has 3 rings (SSSR count). The molecule has 0 saturated carbocycles. The molecule has 1 aromatic rings. The minimum atomic E-state index is -1.14. The lowest BCUT2D eigenvalue weighted by Crippen LogP contribution is -2.57. The van der Waals surface area contributed by atoms with E-state index in [0.717, 1.165) is 6.41 Å². The Labute approximate surface area is 156 Å². The largest absolute Gasteiger partial charge is 0.465 e. The van der Waals surface area contributed by atoms with Gasteiger partial charge in [0.15, 0.2) is 5.92 Å². The van der Waals surface area contributed by atoms with Crippen molar-refractivity contribution < 1.29 is 23.5 Å². The molecule has 2 unspecified atom stereocenters. The third-order valence-electron chi connectivity index (χ3n) is 4.61. The molecule has 0 aliphatic carbocycles. The molecule has 2 atom stereocenters. The van der Waals surface area contributed by atoms with Crippen LogP contribution in [0.25, 0.3) is 0 Å². The first-order valence-electron chi connectivity index (χ1n) is 8.78. The van der Waals surface area contributed by atoms with E-state index in [2.05, 4.69) is 10.3 Å². The van der Waals surface area contributed by atoms with Gasteiger partial charge in [0.1, 0.15) is 11.9 Å². The van der Waals surface area contributed by atoms with Gasteiger partial charge in [-0.3, -0.25) is 19.7 Å². The number of benzene rings is 1. The highest BCUT2D eigenvalue weighted by Crippen LogP contribution is 2.31. The van der Waals surface area contributed by atoms with Gasteiger partial charge >= 0.3 is 5.97 Å². The highest BCUT2D eigenvalue weighted by molar-refractivity contribution is 6.08. The summed E-state index contributed by atoms with van der Waals surface area (Å²) in [6.45, 7) is 3.85. The molecule has 2 aliphatic rings. The van der Waals surface area contributed by atoms with E-state index in [1.165, 1.54) is 24.3 Å². The fourth-order valence-electron chi connectivity index (χ4n) is 3.16. The predicted molar refractivity (Wildman–Crippen MR) is 94.1 cm³/mol. The van der Waals surface area contributed by atoms with Crippen molar-refractivity contribution in [2.75, 3.05) is 32.8 Å². The van der Waals surface area contributed by atoms with Crippen molar-refractivity contribution in [3.05, 3.63) is 35.6 Å². The second kappa shape index (κ2) is 8.15. The van der Waals surface area contributed by atoms with E-state index in [0.29, 0.717) is 37.7 Å². The van der Waals surface area contributed by atoms with Gasteiger partial charge in [0.2, 0.25) is 18.3 Å². The number of esters is 1. The summed E-state index contributed by atoms with van der Waals surface area (Å²) >= 11 is 0. The predicted octanol–water partition coefficient (Wildman–Crippen LogP) is 0.306. The summed E-state index contributed by atoms with van der Waals surface area (Å²) in [5, 5.41) is 2.67. The third-order valence-corrected chi connectivity index (χ3v) is 4.61.